The number of hydrogen-bond donors (Lipinski definition) is 1. The molecule has 2 amide bonds. The first kappa shape index (κ1) is 32.2. The molecule has 0 unspecified atom stereocenters. The molecule has 1 N–H and O–H groups in total. The number of carbonyl (C=O) groups excluding carboxylic acids is 2. The number of benzene rings is 3. The van der Waals surface area contributed by atoms with Gasteiger partial charge in [0.15, 0.2) is 0 Å². The summed E-state index contributed by atoms with van der Waals surface area (Å²) in [5, 5.41) is 3.18. The van der Waals surface area contributed by atoms with Crippen molar-refractivity contribution in [2.45, 2.75) is 64.1 Å². The number of nitrogens with one attached hydrogen (secondary N) is 1. The van der Waals surface area contributed by atoms with Crippen molar-refractivity contribution in [3.05, 3.63) is 101 Å². The van der Waals surface area contributed by atoms with E-state index in [1.807, 2.05) is 61.5 Å². The van der Waals surface area contributed by atoms with Crippen molar-refractivity contribution < 1.29 is 22.4 Å². The molecular formula is C33H41FN4O4S. The number of aryl methyl sites for hydroxylation is 1. The minimum atomic E-state index is -4.27. The van der Waals surface area contributed by atoms with Crippen molar-refractivity contribution in [1.82, 2.24) is 14.5 Å². The molecule has 0 bridgehead atoms. The number of halogens is 1. The van der Waals surface area contributed by atoms with Crippen molar-refractivity contribution >= 4 is 27.7 Å². The second-order valence-corrected chi connectivity index (χ2v) is 13.4. The summed E-state index contributed by atoms with van der Waals surface area (Å²) in [6, 6.07) is 21.6. The van der Waals surface area contributed by atoms with Crippen molar-refractivity contribution in [3.63, 3.8) is 0 Å². The zero-order chi connectivity index (χ0) is 31.0. The largest absolute Gasteiger partial charge is 0.352 e. The molecule has 1 aliphatic rings. The van der Waals surface area contributed by atoms with Crippen LogP contribution in [0.15, 0.2) is 78.9 Å². The lowest BCUT2D eigenvalue weighted by atomic mass is 9.94. The van der Waals surface area contributed by atoms with E-state index in [1.54, 1.807) is 0 Å². The van der Waals surface area contributed by atoms with Crippen LogP contribution < -0.4 is 9.62 Å². The van der Waals surface area contributed by atoms with E-state index in [2.05, 4.69) is 5.32 Å². The fourth-order valence-electron chi connectivity index (χ4n) is 5.34. The Hall–Kier alpha value is -3.76. The first-order valence-corrected chi connectivity index (χ1v) is 16.1. The van der Waals surface area contributed by atoms with E-state index in [4.69, 9.17) is 0 Å². The van der Waals surface area contributed by atoms with Gasteiger partial charge >= 0.3 is 10.2 Å². The Morgan fingerprint density at radius 3 is 2.14 bits per heavy atom. The van der Waals surface area contributed by atoms with Crippen molar-refractivity contribution in [1.29, 1.82) is 0 Å². The fourth-order valence-corrected chi connectivity index (χ4v) is 6.41. The van der Waals surface area contributed by atoms with Gasteiger partial charge in [0, 0.05) is 33.1 Å². The van der Waals surface area contributed by atoms with E-state index in [0.29, 0.717) is 0 Å². The number of rotatable bonds is 12. The highest BCUT2D eigenvalue weighted by Crippen LogP contribution is 2.25. The minimum absolute atomic E-state index is 0.0138. The zero-order valence-electron chi connectivity index (χ0n) is 25.1. The summed E-state index contributed by atoms with van der Waals surface area (Å²) in [5.41, 5.74) is 2.45. The molecule has 43 heavy (non-hydrogen) atoms. The van der Waals surface area contributed by atoms with Crippen LogP contribution in [0.3, 0.4) is 0 Å². The summed E-state index contributed by atoms with van der Waals surface area (Å²) < 4.78 is 43.6. The number of para-hydroxylation sites is 1. The number of carbonyl (C=O) groups is 2. The molecule has 0 radical (unpaired) electrons. The van der Waals surface area contributed by atoms with Crippen LogP contribution in [0.25, 0.3) is 0 Å². The van der Waals surface area contributed by atoms with Crippen LogP contribution in [-0.2, 0) is 32.8 Å². The summed E-state index contributed by atoms with van der Waals surface area (Å²) >= 11 is 0. The van der Waals surface area contributed by atoms with Gasteiger partial charge in [0.2, 0.25) is 11.8 Å². The van der Waals surface area contributed by atoms with E-state index in [9.17, 15) is 22.4 Å². The van der Waals surface area contributed by atoms with Gasteiger partial charge in [-0.1, -0.05) is 91.6 Å². The molecule has 0 aliphatic heterocycles. The second kappa shape index (κ2) is 14.6. The number of anilines is 1. The Morgan fingerprint density at radius 2 is 1.51 bits per heavy atom. The third kappa shape index (κ3) is 8.42. The van der Waals surface area contributed by atoms with Crippen LogP contribution >= 0.6 is 0 Å². The predicted octanol–water partition coefficient (Wildman–Crippen LogP) is 4.84. The fraction of sp³-hybridized carbons (Fsp3) is 0.394. The van der Waals surface area contributed by atoms with E-state index in [1.165, 1.54) is 37.2 Å². The molecule has 0 heterocycles. The van der Waals surface area contributed by atoms with E-state index in [-0.39, 0.29) is 30.6 Å². The minimum Gasteiger partial charge on any atom is -0.352 e. The van der Waals surface area contributed by atoms with Gasteiger partial charge in [-0.3, -0.25) is 9.59 Å². The van der Waals surface area contributed by atoms with E-state index in [0.717, 1.165) is 63.5 Å². The molecule has 10 heteroatoms. The standard InChI is InChI=1S/C33H41FN4O4S/c1-25-18-20-27(21-19-25)23-37(32(39)24-38(43(41,42)36(2)3)30-17-11-10-16-29(30)34)31(22-26-12-6-4-7-13-26)33(40)35-28-14-8-5-9-15-28/h4,6-7,10-13,16-21,28,31H,5,8-9,14-15,22-24H2,1-3H3,(H,35,40)/t31-/m0/s1. The summed E-state index contributed by atoms with van der Waals surface area (Å²) in [5.74, 6) is -1.68. The van der Waals surface area contributed by atoms with Crippen molar-refractivity contribution in [2.75, 3.05) is 24.9 Å². The van der Waals surface area contributed by atoms with Crippen LogP contribution in [0.4, 0.5) is 10.1 Å². The first-order valence-electron chi connectivity index (χ1n) is 14.7. The van der Waals surface area contributed by atoms with Gasteiger partial charge in [-0.05, 0) is 43.0 Å². The molecule has 1 saturated carbocycles. The maximum absolute atomic E-state index is 15.0. The van der Waals surface area contributed by atoms with Gasteiger partial charge in [-0.25, -0.2) is 8.70 Å². The monoisotopic (exact) mass is 608 g/mol. The third-order valence-electron chi connectivity index (χ3n) is 7.84. The number of amides is 2. The van der Waals surface area contributed by atoms with E-state index >= 15 is 0 Å². The lowest BCUT2D eigenvalue weighted by Gasteiger charge is -2.35. The van der Waals surface area contributed by atoms with Crippen LogP contribution in [0.1, 0.15) is 48.8 Å². The lowest BCUT2D eigenvalue weighted by molar-refractivity contribution is -0.140. The molecule has 0 saturated heterocycles. The second-order valence-electron chi connectivity index (χ2n) is 11.3. The Balaban J connectivity index is 1.75. The Morgan fingerprint density at radius 1 is 0.884 bits per heavy atom. The summed E-state index contributed by atoms with van der Waals surface area (Å²) in [4.78, 5) is 29.8. The van der Waals surface area contributed by atoms with Gasteiger partial charge < -0.3 is 10.2 Å². The summed E-state index contributed by atoms with van der Waals surface area (Å²) in [7, 11) is -1.62. The average molecular weight is 609 g/mol. The quantitative estimate of drug-likeness (QED) is 0.319. The highest BCUT2D eigenvalue weighted by atomic mass is 32.2. The smallest absolute Gasteiger partial charge is 0.304 e. The predicted molar refractivity (Wildman–Crippen MR) is 167 cm³/mol. The van der Waals surface area contributed by atoms with Crippen LogP contribution in [0.5, 0.6) is 0 Å². The SMILES string of the molecule is Cc1ccc(CN(C(=O)CN(c2ccccc2F)S(=O)(=O)N(C)C)[C@@H](Cc2ccccc2)C(=O)NC2CCCCC2)cc1. The topological polar surface area (TPSA) is 90.0 Å². The van der Waals surface area contributed by atoms with Crippen molar-refractivity contribution in [2.24, 2.45) is 0 Å². The first-order chi connectivity index (χ1) is 20.6. The van der Waals surface area contributed by atoms with E-state index < -0.39 is 34.5 Å². The van der Waals surface area contributed by atoms with Crippen molar-refractivity contribution in [3.8, 4) is 0 Å². The molecular weight excluding hydrogens is 567 g/mol. The summed E-state index contributed by atoms with van der Waals surface area (Å²) in [6.45, 7) is 1.35. The number of hydrogen-bond acceptors (Lipinski definition) is 4. The molecule has 230 valence electrons. The Labute approximate surface area is 254 Å². The molecule has 1 atom stereocenters. The normalized spacial score (nSPS) is 14.7. The maximum atomic E-state index is 15.0. The average Bonchev–Trinajstić information content (AvgIpc) is 3.00. The molecule has 3 aromatic carbocycles. The highest BCUT2D eigenvalue weighted by Gasteiger charge is 2.36. The molecule has 0 aromatic heterocycles. The van der Waals surface area contributed by atoms with Gasteiger partial charge in [-0.15, -0.1) is 0 Å². The molecule has 3 aromatic rings. The van der Waals surface area contributed by atoms with Crippen LogP contribution in [0.2, 0.25) is 0 Å². The van der Waals surface area contributed by atoms with Crippen LogP contribution in [0, 0.1) is 12.7 Å². The molecule has 4 rings (SSSR count). The molecule has 1 fully saturated rings. The molecule has 1 aliphatic carbocycles. The molecule has 0 spiro atoms. The van der Waals surface area contributed by atoms with Gasteiger partial charge in [0.05, 0.1) is 5.69 Å². The maximum Gasteiger partial charge on any atom is 0.304 e. The summed E-state index contributed by atoms with van der Waals surface area (Å²) in [6.07, 6.45) is 5.16. The Bertz CT molecular complexity index is 1480. The van der Waals surface area contributed by atoms with Gasteiger partial charge in [-0.2, -0.15) is 12.7 Å². The van der Waals surface area contributed by atoms with Crippen LogP contribution in [-0.4, -0.2) is 62.2 Å². The zero-order valence-corrected chi connectivity index (χ0v) is 25.9. The highest BCUT2D eigenvalue weighted by molar-refractivity contribution is 7.90. The lowest BCUT2D eigenvalue weighted by Crippen LogP contribution is -2.55. The third-order valence-corrected chi connectivity index (χ3v) is 9.64. The molecule has 8 nitrogen and oxygen atoms in total. The Kier molecular flexibility index (Phi) is 10.9. The van der Waals surface area contributed by atoms with Gasteiger partial charge in [0.1, 0.15) is 18.4 Å². The number of nitrogens with zero attached hydrogens (tertiary/aromatic N) is 3. The van der Waals surface area contributed by atoms with Gasteiger partial charge in [0.25, 0.3) is 0 Å².